The van der Waals surface area contributed by atoms with Crippen LogP contribution >= 0.6 is 0 Å². The van der Waals surface area contributed by atoms with Crippen molar-refractivity contribution < 1.29 is 4.74 Å². The molecular formula is C18H35NO. The van der Waals surface area contributed by atoms with Crippen LogP contribution in [-0.4, -0.2) is 25.3 Å². The molecule has 2 aliphatic rings. The average Bonchev–Trinajstić information content (AvgIpc) is 2.69. The summed E-state index contributed by atoms with van der Waals surface area (Å²) < 4.78 is 6.43. The molecule has 3 unspecified atom stereocenters. The molecule has 1 N–H and O–H groups in total. The molecule has 2 nitrogen and oxygen atoms in total. The minimum atomic E-state index is 0.107. The molecule has 0 aliphatic heterocycles. The standard InChI is InChI=1S/C18H35NO/c1-4-20-18(13-9-10-15(2)14-18)17(19-3)16-11-7-5-6-8-12-16/h15-17,19H,4-14H2,1-3H3. The Morgan fingerprint density at radius 2 is 1.80 bits per heavy atom. The van der Waals surface area contributed by atoms with Crippen LogP contribution in [-0.2, 0) is 4.74 Å². The van der Waals surface area contributed by atoms with Crippen LogP contribution in [0.5, 0.6) is 0 Å². The van der Waals surface area contributed by atoms with Crippen molar-refractivity contribution in [3.8, 4) is 0 Å². The lowest BCUT2D eigenvalue weighted by molar-refractivity contribution is -0.112. The average molecular weight is 281 g/mol. The van der Waals surface area contributed by atoms with Gasteiger partial charge in [-0.15, -0.1) is 0 Å². The van der Waals surface area contributed by atoms with E-state index in [0.29, 0.717) is 6.04 Å². The molecule has 20 heavy (non-hydrogen) atoms. The topological polar surface area (TPSA) is 21.3 Å². The van der Waals surface area contributed by atoms with Crippen molar-refractivity contribution in [1.82, 2.24) is 5.32 Å². The molecular weight excluding hydrogens is 246 g/mol. The summed E-state index contributed by atoms with van der Waals surface area (Å²) in [4.78, 5) is 0. The highest BCUT2D eigenvalue weighted by molar-refractivity contribution is 5.00. The Kier molecular flexibility index (Phi) is 6.35. The predicted octanol–water partition coefficient (Wildman–Crippen LogP) is 4.53. The highest BCUT2D eigenvalue weighted by Gasteiger charge is 2.45. The number of hydrogen-bond acceptors (Lipinski definition) is 2. The van der Waals surface area contributed by atoms with Crippen LogP contribution in [0.15, 0.2) is 0 Å². The summed E-state index contributed by atoms with van der Waals surface area (Å²) in [6.07, 6.45) is 13.7. The molecule has 118 valence electrons. The second-order valence-electron chi connectivity index (χ2n) is 7.22. The summed E-state index contributed by atoms with van der Waals surface area (Å²) >= 11 is 0. The van der Waals surface area contributed by atoms with Gasteiger partial charge >= 0.3 is 0 Å². The van der Waals surface area contributed by atoms with Gasteiger partial charge in [-0.25, -0.2) is 0 Å². The number of ether oxygens (including phenoxy) is 1. The van der Waals surface area contributed by atoms with Crippen LogP contribution in [0.4, 0.5) is 0 Å². The van der Waals surface area contributed by atoms with Gasteiger partial charge in [0.1, 0.15) is 0 Å². The molecule has 2 aliphatic carbocycles. The molecule has 2 rings (SSSR count). The quantitative estimate of drug-likeness (QED) is 0.748. The summed E-state index contributed by atoms with van der Waals surface area (Å²) in [5, 5.41) is 3.69. The molecule has 2 fully saturated rings. The predicted molar refractivity (Wildman–Crippen MR) is 86.0 cm³/mol. The van der Waals surface area contributed by atoms with E-state index >= 15 is 0 Å². The van der Waals surface area contributed by atoms with Gasteiger partial charge in [0.15, 0.2) is 0 Å². The normalized spacial score (nSPS) is 34.6. The van der Waals surface area contributed by atoms with E-state index < -0.39 is 0 Å². The van der Waals surface area contributed by atoms with Gasteiger partial charge in [0.25, 0.3) is 0 Å². The second kappa shape index (κ2) is 7.79. The lowest BCUT2D eigenvalue weighted by atomic mass is 9.69. The molecule has 0 aromatic rings. The molecule has 3 atom stereocenters. The molecule has 0 aromatic heterocycles. The molecule has 0 saturated heterocycles. The van der Waals surface area contributed by atoms with Crippen molar-refractivity contribution in [2.45, 2.75) is 89.7 Å². The number of likely N-dealkylation sites (N-methyl/N-ethyl adjacent to an activating group) is 1. The third kappa shape index (κ3) is 3.76. The van der Waals surface area contributed by atoms with Gasteiger partial charge in [-0.1, -0.05) is 45.4 Å². The first-order valence-corrected chi connectivity index (χ1v) is 9.03. The largest absolute Gasteiger partial charge is 0.374 e. The minimum absolute atomic E-state index is 0.107. The van der Waals surface area contributed by atoms with Crippen molar-refractivity contribution in [2.75, 3.05) is 13.7 Å². The zero-order chi connectivity index (χ0) is 14.4. The Morgan fingerprint density at radius 1 is 1.10 bits per heavy atom. The number of nitrogens with one attached hydrogen (secondary N) is 1. The fourth-order valence-corrected chi connectivity index (χ4v) is 4.91. The maximum Gasteiger partial charge on any atom is 0.0839 e. The zero-order valence-corrected chi connectivity index (χ0v) is 13.9. The Balaban J connectivity index is 2.14. The molecule has 0 heterocycles. The Labute approximate surface area is 126 Å². The van der Waals surface area contributed by atoms with E-state index in [4.69, 9.17) is 4.74 Å². The van der Waals surface area contributed by atoms with Crippen LogP contribution in [0.2, 0.25) is 0 Å². The Bertz CT molecular complexity index is 269. The highest BCUT2D eigenvalue weighted by atomic mass is 16.5. The summed E-state index contributed by atoms with van der Waals surface area (Å²) in [6.45, 7) is 5.44. The van der Waals surface area contributed by atoms with Gasteiger partial charge in [0.2, 0.25) is 0 Å². The van der Waals surface area contributed by atoms with Gasteiger partial charge in [-0.05, 0) is 51.5 Å². The Morgan fingerprint density at radius 3 is 2.35 bits per heavy atom. The van der Waals surface area contributed by atoms with E-state index in [9.17, 15) is 0 Å². The molecule has 0 amide bonds. The Hall–Kier alpha value is -0.0800. The van der Waals surface area contributed by atoms with Crippen molar-refractivity contribution in [1.29, 1.82) is 0 Å². The van der Waals surface area contributed by atoms with E-state index in [-0.39, 0.29) is 5.60 Å². The van der Waals surface area contributed by atoms with Crippen LogP contribution < -0.4 is 5.32 Å². The highest BCUT2D eigenvalue weighted by Crippen LogP contribution is 2.42. The van der Waals surface area contributed by atoms with Gasteiger partial charge in [0.05, 0.1) is 5.60 Å². The zero-order valence-electron chi connectivity index (χ0n) is 13.9. The number of rotatable bonds is 5. The molecule has 0 bridgehead atoms. The van der Waals surface area contributed by atoms with E-state index in [1.807, 2.05) is 0 Å². The summed E-state index contributed by atoms with van der Waals surface area (Å²) in [5.74, 6) is 1.64. The summed E-state index contributed by atoms with van der Waals surface area (Å²) in [6, 6.07) is 0.559. The van der Waals surface area contributed by atoms with E-state index in [0.717, 1.165) is 18.4 Å². The lowest BCUT2D eigenvalue weighted by Crippen LogP contribution is -2.57. The van der Waals surface area contributed by atoms with Crippen LogP contribution in [0.3, 0.4) is 0 Å². The molecule has 0 aromatic carbocycles. The molecule has 2 heteroatoms. The first kappa shape index (κ1) is 16.3. The van der Waals surface area contributed by atoms with Gasteiger partial charge in [0, 0.05) is 12.6 Å². The molecule has 2 saturated carbocycles. The lowest BCUT2D eigenvalue weighted by Gasteiger charge is -2.48. The fourth-order valence-electron chi connectivity index (χ4n) is 4.91. The third-order valence-corrected chi connectivity index (χ3v) is 5.67. The van der Waals surface area contributed by atoms with E-state index in [2.05, 4.69) is 26.2 Å². The van der Waals surface area contributed by atoms with Gasteiger partial charge in [-0.2, -0.15) is 0 Å². The van der Waals surface area contributed by atoms with Crippen molar-refractivity contribution in [3.63, 3.8) is 0 Å². The van der Waals surface area contributed by atoms with Crippen LogP contribution in [0.1, 0.15) is 78.1 Å². The maximum absolute atomic E-state index is 6.43. The van der Waals surface area contributed by atoms with Crippen LogP contribution in [0.25, 0.3) is 0 Å². The van der Waals surface area contributed by atoms with Gasteiger partial charge in [-0.3, -0.25) is 0 Å². The smallest absolute Gasteiger partial charge is 0.0839 e. The SMILES string of the molecule is CCOC1(C(NC)C2CCCCCC2)CCCC(C)C1. The monoisotopic (exact) mass is 281 g/mol. The van der Waals surface area contributed by atoms with Crippen molar-refractivity contribution >= 4 is 0 Å². The maximum atomic E-state index is 6.43. The van der Waals surface area contributed by atoms with Crippen LogP contribution in [0, 0.1) is 11.8 Å². The van der Waals surface area contributed by atoms with E-state index in [1.165, 1.54) is 64.2 Å². The third-order valence-electron chi connectivity index (χ3n) is 5.67. The van der Waals surface area contributed by atoms with Crippen molar-refractivity contribution in [2.24, 2.45) is 11.8 Å². The first-order chi connectivity index (χ1) is 9.72. The summed E-state index contributed by atoms with van der Waals surface area (Å²) in [7, 11) is 2.16. The minimum Gasteiger partial charge on any atom is -0.374 e. The fraction of sp³-hybridized carbons (Fsp3) is 1.00. The summed E-state index contributed by atoms with van der Waals surface area (Å²) in [5.41, 5.74) is 0.107. The second-order valence-corrected chi connectivity index (χ2v) is 7.22. The molecule has 0 radical (unpaired) electrons. The first-order valence-electron chi connectivity index (χ1n) is 9.03. The van der Waals surface area contributed by atoms with Crippen molar-refractivity contribution in [3.05, 3.63) is 0 Å². The van der Waals surface area contributed by atoms with Gasteiger partial charge < -0.3 is 10.1 Å². The van der Waals surface area contributed by atoms with E-state index in [1.54, 1.807) is 0 Å². The molecule has 0 spiro atoms. The number of hydrogen-bond donors (Lipinski definition) is 1.